The molecule has 0 saturated heterocycles. The topological polar surface area (TPSA) is 56.2 Å². The highest BCUT2D eigenvalue weighted by atomic mass is 35.5. The Morgan fingerprint density at radius 3 is 2.59 bits per heavy atom. The van der Waals surface area contributed by atoms with Crippen LogP contribution >= 0.6 is 24.8 Å². The Balaban J connectivity index is 0.00000128. The van der Waals surface area contributed by atoms with E-state index in [1.165, 1.54) is 0 Å². The molecular weight excluding hydrogens is 259 g/mol. The second-order valence-corrected chi connectivity index (χ2v) is 4.22. The summed E-state index contributed by atoms with van der Waals surface area (Å²) >= 11 is 0. The first kappa shape index (κ1) is 16.2. The quantitative estimate of drug-likeness (QED) is 0.938. The summed E-state index contributed by atoms with van der Waals surface area (Å²) in [7, 11) is 0. The lowest BCUT2D eigenvalue weighted by Gasteiger charge is -2.11. The number of fused-ring (bicyclic) bond motifs is 1. The van der Waals surface area contributed by atoms with Gasteiger partial charge in [-0.25, -0.2) is 0 Å². The second kappa shape index (κ2) is 6.79. The number of halogens is 2. The van der Waals surface area contributed by atoms with Gasteiger partial charge in [0.2, 0.25) is 0 Å². The van der Waals surface area contributed by atoms with Crippen LogP contribution in [0, 0.1) is 5.92 Å². The molecule has 2 heterocycles. The largest absolute Gasteiger partial charge is 0.321 e. The summed E-state index contributed by atoms with van der Waals surface area (Å²) in [6.07, 6.45) is 2.88. The zero-order chi connectivity index (χ0) is 10.8. The molecule has 0 aliphatic heterocycles. The Kier molecular flexibility index (Phi) is 6.45. The summed E-state index contributed by atoms with van der Waals surface area (Å²) in [5, 5.41) is 8.22. The van der Waals surface area contributed by atoms with Gasteiger partial charge < -0.3 is 5.73 Å². The number of nitrogens with zero attached hydrogens (tertiary/aromatic N) is 3. The van der Waals surface area contributed by atoms with Gasteiger partial charge in [-0.15, -0.1) is 35.0 Å². The number of hydrogen-bond acceptors (Lipinski definition) is 3. The van der Waals surface area contributed by atoms with E-state index in [0.29, 0.717) is 5.92 Å². The van der Waals surface area contributed by atoms with Gasteiger partial charge in [-0.2, -0.15) is 0 Å². The molecule has 6 heteroatoms. The van der Waals surface area contributed by atoms with Crippen molar-refractivity contribution >= 4 is 30.5 Å². The van der Waals surface area contributed by atoms with Crippen molar-refractivity contribution in [2.24, 2.45) is 11.7 Å². The SMILES string of the molecule is CC(C)C[C@H](N)c1nnc2ccccn12.Cl.Cl. The fraction of sp³-hybridized carbons (Fsp3) is 0.455. The molecular formula is C11H18Cl2N4. The molecule has 0 bridgehead atoms. The van der Waals surface area contributed by atoms with Gasteiger partial charge in [-0.05, 0) is 24.5 Å². The van der Waals surface area contributed by atoms with Crippen LogP contribution in [0.15, 0.2) is 24.4 Å². The van der Waals surface area contributed by atoms with Gasteiger partial charge in [0, 0.05) is 6.20 Å². The molecule has 0 saturated carbocycles. The maximum absolute atomic E-state index is 6.08. The molecule has 2 aromatic rings. The molecule has 0 unspecified atom stereocenters. The third-order valence-corrected chi connectivity index (χ3v) is 2.40. The van der Waals surface area contributed by atoms with Crippen molar-refractivity contribution in [1.29, 1.82) is 0 Å². The third-order valence-electron chi connectivity index (χ3n) is 2.40. The molecule has 0 spiro atoms. The predicted molar refractivity (Wildman–Crippen MR) is 73.9 cm³/mol. The van der Waals surface area contributed by atoms with Crippen LogP contribution in [0.4, 0.5) is 0 Å². The minimum Gasteiger partial charge on any atom is -0.321 e. The second-order valence-electron chi connectivity index (χ2n) is 4.22. The van der Waals surface area contributed by atoms with Crippen LogP contribution in [0.25, 0.3) is 5.65 Å². The van der Waals surface area contributed by atoms with Crippen LogP contribution in [0.3, 0.4) is 0 Å². The van der Waals surface area contributed by atoms with Crippen LogP contribution in [0.5, 0.6) is 0 Å². The van der Waals surface area contributed by atoms with Crippen molar-refractivity contribution in [1.82, 2.24) is 14.6 Å². The Hall–Kier alpha value is -0.840. The molecule has 2 aromatic heterocycles. The molecule has 0 amide bonds. The highest BCUT2D eigenvalue weighted by molar-refractivity contribution is 5.85. The van der Waals surface area contributed by atoms with E-state index in [4.69, 9.17) is 5.73 Å². The number of rotatable bonds is 3. The van der Waals surface area contributed by atoms with Gasteiger partial charge >= 0.3 is 0 Å². The number of nitrogens with two attached hydrogens (primary N) is 1. The Morgan fingerprint density at radius 1 is 1.24 bits per heavy atom. The number of pyridine rings is 1. The lowest BCUT2D eigenvalue weighted by molar-refractivity contribution is 0.490. The fourth-order valence-corrected chi connectivity index (χ4v) is 1.73. The van der Waals surface area contributed by atoms with Crippen LogP contribution < -0.4 is 5.73 Å². The van der Waals surface area contributed by atoms with E-state index in [-0.39, 0.29) is 30.9 Å². The van der Waals surface area contributed by atoms with E-state index >= 15 is 0 Å². The van der Waals surface area contributed by atoms with Crippen LogP contribution in [-0.2, 0) is 0 Å². The summed E-state index contributed by atoms with van der Waals surface area (Å²) in [5.41, 5.74) is 6.94. The van der Waals surface area contributed by atoms with Gasteiger partial charge in [-0.1, -0.05) is 19.9 Å². The van der Waals surface area contributed by atoms with Crippen LogP contribution in [-0.4, -0.2) is 14.6 Å². The van der Waals surface area contributed by atoms with Gasteiger partial charge in [-0.3, -0.25) is 4.40 Å². The zero-order valence-electron chi connectivity index (χ0n) is 9.91. The third kappa shape index (κ3) is 3.56. The summed E-state index contributed by atoms with van der Waals surface area (Å²) in [6, 6.07) is 5.80. The monoisotopic (exact) mass is 276 g/mol. The summed E-state index contributed by atoms with van der Waals surface area (Å²) < 4.78 is 1.95. The van der Waals surface area contributed by atoms with Gasteiger partial charge in [0.1, 0.15) is 0 Å². The first-order valence-corrected chi connectivity index (χ1v) is 5.23. The zero-order valence-corrected chi connectivity index (χ0v) is 11.5. The fourth-order valence-electron chi connectivity index (χ4n) is 1.73. The number of aromatic nitrogens is 3. The standard InChI is InChI=1S/C11H16N4.2ClH/c1-8(2)7-9(12)11-14-13-10-5-3-4-6-15(10)11;;/h3-6,8-9H,7,12H2,1-2H3;2*1H/t9-;;/m0../s1. The van der Waals surface area contributed by atoms with Crippen molar-refractivity contribution in [2.75, 3.05) is 0 Å². The molecule has 96 valence electrons. The van der Waals surface area contributed by atoms with E-state index in [0.717, 1.165) is 17.9 Å². The van der Waals surface area contributed by atoms with E-state index < -0.39 is 0 Å². The summed E-state index contributed by atoms with van der Waals surface area (Å²) in [5.74, 6) is 1.41. The summed E-state index contributed by atoms with van der Waals surface area (Å²) in [4.78, 5) is 0. The minimum atomic E-state index is -0.0394. The highest BCUT2D eigenvalue weighted by Gasteiger charge is 2.14. The molecule has 0 aliphatic carbocycles. The molecule has 17 heavy (non-hydrogen) atoms. The average Bonchev–Trinajstić information content (AvgIpc) is 2.59. The van der Waals surface area contributed by atoms with Crippen molar-refractivity contribution in [2.45, 2.75) is 26.3 Å². The Bertz CT molecular complexity index is 455. The van der Waals surface area contributed by atoms with Crippen LogP contribution in [0.2, 0.25) is 0 Å². The van der Waals surface area contributed by atoms with Gasteiger partial charge in [0.15, 0.2) is 11.5 Å². The molecule has 0 radical (unpaired) electrons. The molecule has 4 nitrogen and oxygen atoms in total. The highest BCUT2D eigenvalue weighted by Crippen LogP contribution is 2.17. The van der Waals surface area contributed by atoms with Crippen molar-refractivity contribution in [3.63, 3.8) is 0 Å². The maximum atomic E-state index is 6.08. The average molecular weight is 277 g/mol. The van der Waals surface area contributed by atoms with Gasteiger partial charge in [0.05, 0.1) is 6.04 Å². The normalized spacial score (nSPS) is 12.0. The molecule has 0 aromatic carbocycles. The van der Waals surface area contributed by atoms with E-state index in [2.05, 4.69) is 24.0 Å². The Labute approximate surface area is 113 Å². The van der Waals surface area contributed by atoms with E-state index in [1.54, 1.807) is 0 Å². The molecule has 1 atom stereocenters. The number of hydrogen-bond donors (Lipinski definition) is 1. The van der Waals surface area contributed by atoms with Crippen molar-refractivity contribution in [3.05, 3.63) is 30.2 Å². The molecule has 0 fully saturated rings. The smallest absolute Gasteiger partial charge is 0.160 e. The molecule has 0 aliphatic rings. The lowest BCUT2D eigenvalue weighted by atomic mass is 10.0. The van der Waals surface area contributed by atoms with Gasteiger partial charge in [0.25, 0.3) is 0 Å². The Morgan fingerprint density at radius 2 is 1.94 bits per heavy atom. The lowest BCUT2D eigenvalue weighted by Crippen LogP contribution is -2.16. The van der Waals surface area contributed by atoms with Crippen LogP contribution in [0.1, 0.15) is 32.1 Å². The van der Waals surface area contributed by atoms with E-state index in [1.807, 2.05) is 28.8 Å². The molecule has 2 N–H and O–H groups in total. The minimum absolute atomic E-state index is 0. The maximum Gasteiger partial charge on any atom is 0.160 e. The van der Waals surface area contributed by atoms with Crippen molar-refractivity contribution in [3.8, 4) is 0 Å². The first-order chi connectivity index (χ1) is 7.18. The predicted octanol–water partition coefficient (Wildman–Crippen LogP) is 2.62. The molecule has 2 rings (SSSR count). The van der Waals surface area contributed by atoms with E-state index in [9.17, 15) is 0 Å². The van der Waals surface area contributed by atoms with Crippen molar-refractivity contribution < 1.29 is 0 Å². The summed E-state index contributed by atoms with van der Waals surface area (Å²) in [6.45, 7) is 4.31. The first-order valence-electron chi connectivity index (χ1n) is 5.23.